The minimum atomic E-state index is -1.28. The molecule has 0 spiro atoms. The van der Waals surface area contributed by atoms with E-state index in [0.29, 0.717) is 17.2 Å². The molecule has 0 saturated carbocycles. The Hall–Kier alpha value is -3.77. The first-order valence-electron chi connectivity index (χ1n) is 17.1. The van der Waals surface area contributed by atoms with Crippen LogP contribution in [0.25, 0.3) is 0 Å². The van der Waals surface area contributed by atoms with E-state index in [4.69, 9.17) is 30.5 Å². The third-order valence-corrected chi connectivity index (χ3v) is 9.68. The number of hydrogen-bond donors (Lipinski definition) is 2. The van der Waals surface area contributed by atoms with Crippen LogP contribution in [-0.4, -0.2) is 77.1 Å². The molecule has 3 aromatic rings. The average Bonchev–Trinajstić information content (AvgIpc) is 3.87. The van der Waals surface area contributed by atoms with Gasteiger partial charge in [0.05, 0.1) is 19.4 Å². The van der Waals surface area contributed by atoms with Crippen molar-refractivity contribution in [3.63, 3.8) is 0 Å². The second-order valence-electron chi connectivity index (χ2n) is 15.1. The smallest absolute Gasteiger partial charge is 0.311 e. The predicted octanol–water partition coefficient (Wildman–Crippen LogP) is 6.76. The number of nitrogens with one attached hydrogen (secondary N) is 1. The Morgan fingerprint density at radius 2 is 1.51 bits per heavy atom. The molecule has 2 N–H and O–H groups in total. The summed E-state index contributed by atoms with van der Waals surface area (Å²) in [7, 11) is 0. The highest BCUT2D eigenvalue weighted by atomic mass is 35.5. The lowest BCUT2D eigenvalue weighted by molar-refractivity contribution is -0.160. The van der Waals surface area contributed by atoms with Crippen LogP contribution >= 0.6 is 11.6 Å². The maximum Gasteiger partial charge on any atom is 0.311 e. The molecule has 2 fully saturated rings. The summed E-state index contributed by atoms with van der Waals surface area (Å²) in [4.78, 5) is 27.6. The fourth-order valence-electron chi connectivity index (χ4n) is 6.96. The number of halogens is 3. The Morgan fingerprint density at radius 3 is 2.08 bits per heavy atom. The largest absolute Gasteiger partial charge is 0.490 e. The van der Waals surface area contributed by atoms with E-state index < -0.39 is 29.2 Å². The van der Waals surface area contributed by atoms with Gasteiger partial charge < -0.3 is 29.4 Å². The lowest BCUT2D eigenvalue weighted by Gasteiger charge is -2.56. The predicted molar refractivity (Wildman–Crippen MR) is 189 cm³/mol. The van der Waals surface area contributed by atoms with Crippen LogP contribution in [0.3, 0.4) is 0 Å². The number of esters is 1. The van der Waals surface area contributed by atoms with Gasteiger partial charge in [-0.15, -0.1) is 0 Å². The molecule has 2 aliphatic rings. The van der Waals surface area contributed by atoms with Gasteiger partial charge in [0.1, 0.15) is 42.5 Å². The highest BCUT2D eigenvalue weighted by Crippen LogP contribution is 2.40. The van der Waals surface area contributed by atoms with Crippen molar-refractivity contribution < 1.29 is 42.4 Å². The molecular weight excluding hydrogens is 682 g/mol. The minimum absolute atomic E-state index is 0.0352. The molecule has 0 radical (unpaired) electrons. The number of rotatable bonds is 16. The summed E-state index contributed by atoms with van der Waals surface area (Å²) >= 11 is 6.13. The molecule has 12 heteroatoms. The number of nitrogens with zero attached hydrogens (tertiary/aromatic N) is 1. The molecule has 2 aliphatic heterocycles. The van der Waals surface area contributed by atoms with E-state index in [1.165, 1.54) is 35.9 Å². The SMILES string of the molecule is CC1(C)CC(NC[C@@](C)(COc2cc(F)ccc2CC(=O)O)OC(=O)Cc2ccc(F)cc2OC[C@@H]2CO2)CC(C)(C)N1Cc1ccc(Cl)cc1. The third-order valence-electron chi connectivity index (χ3n) is 9.43. The molecule has 2 saturated heterocycles. The van der Waals surface area contributed by atoms with E-state index in [-0.39, 0.29) is 72.9 Å². The highest BCUT2D eigenvalue weighted by Gasteiger charge is 2.45. The van der Waals surface area contributed by atoms with Crippen LogP contribution in [0.15, 0.2) is 60.7 Å². The van der Waals surface area contributed by atoms with Gasteiger partial charge in [-0.2, -0.15) is 0 Å². The first-order valence-corrected chi connectivity index (χ1v) is 17.5. The number of carboxylic acid groups (broad SMARTS) is 1. The van der Waals surface area contributed by atoms with Gasteiger partial charge in [0.15, 0.2) is 5.60 Å². The molecule has 2 atom stereocenters. The van der Waals surface area contributed by atoms with Crippen molar-refractivity contribution in [2.24, 2.45) is 0 Å². The maximum absolute atomic E-state index is 14.3. The van der Waals surface area contributed by atoms with Crippen LogP contribution in [0.2, 0.25) is 5.02 Å². The van der Waals surface area contributed by atoms with Gasteiger partial charge in [0.25, 0.3) is 0 Å². The Balaban J connectivity index is 1.32. The van der Waals surface area contributed by atoms with E-state index in [2.05, 4.69) is 37.9 Å². The van der Waals surface area contributed by atoms with Crippen molar-refractivity contribution in [3.05, 3.63) is 94.0 Å². The van der Waals surface area contributed by atoms with Gasteiger partial charge in [0, 0.05) is 58.5 Å². The van der Waals surface area contributed by atoms with Crippen LogP contribution in [0.1, 0.15) is 64.2 Å². The lowest BCUT2D eigenvalue weighted by Crippen LogP contribution is -2.64. The maximum atomic E-state index is 14.3. The number of hydrogen-bond acceptors (Lipinski definition) is 8. The summed E-state index contributed by atoms with van der Waals surface area (Å²) in [6.07, 6.45) is 0.949. The number of benzene rings is 3. The Bertz CT molecular complexity index is 1680. The number of aliphatic carboxylic acids is 1. The Labute approximate surface area is 303 Å². The number of carbonyl (C=O) groups excluding carboxylic acids is 1. The lowest BCUT2D eigenvalue weighted by atomic mass is 9.76. The summed E-state index contributed by atoms with van der Waals surface area (Å²) in [5.74, 6) is -2.52. The van der Waals surface area contributed by atoms with Crippen molar-refractivity contribution in [3.8, 4) is 11.5 Å². The van der Waals surface area contributed by atoms with Gasteiger partial charge in [-0.1, -0.05) is 35.9 Å². The van der Waals surface area contributed by atoms with Gasteiger partial charge in [-0.05, 0) is 77.3 Å². The molecule has 9 nitrogen and oxygen atoms in total. The molecule has 276 valence electrons. The summed E-state index contributed by atoms with van der Waals surface area (Å²) in [5, 5.41) is 13.7. The second kappa shape index (κ2) is 15.9. The zero-order valence-corrected chi connectivity index (χ0v) is 30.5. The molecule has 0 unspecified atom stereocenters. The van der Waals surface area contributed by atoms with E-state index >= 15 is 0 Å². The number of carboxylic acids is 1. The van der Waals surface area contributed by atoms with Gasteiger partial charge in [-0.3, -0.25) is 14.5 Å². The van der Waals surface area contributed by atoms with Crippen molar-refractivity contribution in [2.45, 2.75) is 95.7 Å². The fraction of sp³-hybridized carbons (Fsp3) is 0.487. The molecule has 3 aromatic carbocycles. The van der Waals surface area contributed by atoms with Gasteiger partial charge >= 0.3 is 11.9 Å². The fourth-order valence-corrected chi connectivity index (χ4v) is 7.09. The van der Waals surface area contributed by atoms with E-state index in [1.54, 1.807) is 6.92 Å². The van der Waals surface area contributed by atoms with Crippen LogP contribution in [0, 0.1) is 11.6 Å². The molecule has 51 heavy (non-hydrogen) atoms. The molecule has 0 amide bonds. The normalized spacial score (nSPS) is 19.6. The van der Waals surface area contributed by atoms with Crippen molar-refractivity contribution in [2.75, 3.05) is 26.4 Å². The number of epoxide rings is 1. The van der Waals surface area contributed by atoms with Crippen LogP contribution in [-0.2, 0) is 38.4 Å². The molecular formula is C39H47ClF2N2O7. The average molecular weight is 729 g/mol. The minimum Gasteiger partial charge on any atom is -0.490 e. The summed E-state index contributed by atoms with van der Waals surface area (Å²) in [6, 6.07) is 15.6. The van der Waals surface area contributed by atoms with E-state index in [9.17, 15) is 23.5 Å². The number of ether oxygens (including phenoxy) is 4. The second-order valence-corrected chi connectivity index (χ2v) is 15.5. The Kier molecular flexibility index (Phi) is 12.0. The summed E-state index contributed by atoms with van der Waals surface area (Å²) in [5.41, 5.74) is 0.208. The third kappa shape index (κ3) is 10.9. The van der Waals surface area contributed by atoms with Crippen LogP contribution in [0.4, 0.5) is 8.78 Å². The zero-order chi connectivity index (χ0) is 37.0. The van der Waals surface area contributed by atoms with Crippen LogP contribution < -0.4 is 14.8 Å². The monoisotopic (exact) mass is 728 g/mol. The van der Waals surface area contributed by atoms with E-state index in [0.717, 1.165) is 25.5 Å². The van der Waals surface area contributed by atoms with Crippen LogP contribution in [0.5, 0.6) is 11.5 Å². The standard InChI is InChI=1S/C39H47ClF2N2O7/c1-37(2)18-31(19-38(3,4)44(37)20-25-6-10-28(40)11-7-25)43-23-39(5,24-50-34-17-30(42)12-8-26(34)14-35(45)46)51-36(47)15-27-9-13-29(41)16-33(27)49-22-32-21-48-32/h6-13,16-17,31-32,43H,14-15,18-24H2,1-5H3,(H,45,46)/t32-,39-/m0/s1. The summed E-state index contributed by atoms with van der Waals surface area (Å²) in [6.45, 7) is 12.1. The molecule has 5 rings (SSSR count). The number of piperidine rings is 1. The van der Waals surface area contributed by atoms with Gasteiger partial charge in [0.2, 0.25) is 0 Å². The number of likely N-dealkylation sites (tertiary alicyclic amines) is 1. The number of carbonyl (C=O) groups is 2. The molecule has 2 heterocycles. The highest BCUT2D eigenvalue weighted by molar-refractivity contribution is 6.30. The molecule has 0 aromatic heterocycles. The van der Waals surface area contributed by atoms with Crippen molar-refractivity contribution in [1.29, 1.82) is 0 Å². The Morgan fingerprint density at radius 1 is 0.941 bits per heavy atom. The van der Waals surface area contributed by atoms with Gasteiger partial charge in [-0.25, -0.2) is 8.78 Å². The van der Waals surface area contributed by atoms with Crippen molar-refractivity contribution >= 4 is 23.5 Å². The zero-order valence-electron chi connectivity index (χ0n) is 29.8. The topological polar surface area (TPSA) is 110 Å². The quantitative estimate of drug-likeness (QED) is 0.122. The summed E-state index contributed by atoms with van der Waals surface area (Å²) < 4.78 is 51.5. The first-order chi connectivity index (χ1) is 24.0. The van der Waals surface area contributed by atoms with E-state index in [1.807, 2.05) is 24.3 Å². The molecule has 0 bridgehead atoms. The first kappa shape index (κ1) is 38.5. The molecule has 0 aliphatic carbocycles. The van der Waals surface area contributed by atoms with Crippen molar-refractivity contribution in [1.82, 2.24) is 10.2 Å².